The molecule has 0 amide bonds. The molecule has 1 aliphatic carbocycles. The van der Waals surface area contributed by atoms with Crippen LogP contribution < -0.4 is 0 Å². The van der Waals surface area contributed by atoms with Crippen molar-refractivity contribution in [3.8, 4) is 0 Å². The van der Waals surface area contributed by atoms with E-state index in [2.05, 4.69) is 24.8 Å². The predicted octanol–water partition coefficient (Wildman–Crippen LogP) is 5.77. The maximum Gasteiger partial charge on any atom is 0.127 e. The van der Waals surface area contributed by atoms with Gasteiger partial charge in [0, 0.05) is 0 Å². The van der Waals surface area contributed by atoms with Crippen LogP contribution in [-0.2, 0) is 12.8 Å². The third-order valence-corrected chi connectivity index (χ3v) is 4.52. The average molecular weight is 292 g/mol. The Morgan fingerprint density at radius 2 is 1.91 bits per heavy atom. The molecule has 112 valence electrons. The van der Waals surface area contributed by atoms with Gasteiger partial charge in [0.1, 0.15) is 5.82 Å². The minimum Gasteiger partial charge on any atom is -0.207 e. The highest BCUT2D eigenvalue weighted by molar-refractivity contribution is 5.52. The lowest BCUT2D eigenvalue weighted by molar-refractivity contribution is 0.534. The van der Waals surface area contributed by atoms with Crippen molar-refractivity contribution in [2.24, 2.45) is 0 Å². The Kier molecular flexibility index (Phi) is 4.24. The molecule has 1 unspecified atom stereocenters. The number of halogens is 1. The second-order valence-electron chi connectivity index (χ2n) is 5.95. The number of hydrogen-bond donors (Lipinski definition) is 0. The second kappa shape index (κ2) is 6.31. The highest BCUT2D eigenvalue weighted by Crippen LogP contribution is 2.34. The van der Waals surface area contributed by atoms with Gasteiger partial charge in [-0.1, -0.05) is 55.1 Å². The molecule has 0 aliphatic heterocycles. The van der Waals surface area contributed by atoms with E-state index < -0.39 is 0 Å². The molecule has 1 heteroatoms. The average Bonchev–Trinajstić information content (AvgIpc) is 2.54. The molecular formula is C21H21F. The summed E-state index contributed by atoms with van der Waals surface area (Å²) in [6, 6.07) is 12.1. The molecule has 0 N–H and O–H groups in total. The van der Waals surface area contributed by atoms with Gasteiger partial charge in [-0.05, 0) is 66.0 Å². The van der Waals surface area contributed by atoms with Crippen LogP contribution in [0.1, 0.15) is 47.1 Å². The van der Waals surface area contributed by atoms with E-state index in [-0.39, 0.29) is 11.7 Å². The summed E-state index contributed by atoms with van der Waals surface area (Å²) in [4.78, 5) is 0. The van der Waals surface area contributed by atoms with E-state index in [1.807, 2.05) is 37.3 Å². The van der Waals surface area contributed by atoms with Crippen LogP contribution in [0.25, 0.3) is 12.2 Å². The van der Waals surface area contributed by atoms with Gasteiger partial charge in [-0.3, -0.25) is 0 Å². The summed E-state index contributed by atoms with van der Waals surface area (Å²) in [6.45, 7) is 5.77. The molecule has 0 fully saturated rings. The van der Waals surface area contributed by atoms with Crippen molar-refractivity contribution in [1.29, 1.82) is 0 Å². The molecule has 0 saturated carbocycles. The van der Waals surface area contributed by atoms with Crippen LogP contribution in [-0.4, -0.2) is 0 Å². The van der Waals surface area contributed by atoms with Crippen LogP contribution in [0.2, 0.25) is 0 Å². The van der Waals surface area contributed by atoms with E-state index in [0.717, 1.165) is 30.4 Å². The van der Waals surface area contributed by atoms with Gasteiger partial charge >= 0.3 is 0 Å². The van der Waals surface area contributed by atoms with Gasteiger partial charge < -0.3 is 0 Å². The first-order chi connectivity index (χ1) is 10.7. The normalized spacial score (nSPS) is 17.5. The van der Waals surface area contributed by atoms with E-state index in [1.54, 1.807) is 6.07 Å². The Labute approximate surface area is 132 Å². The van der Waals surface area contributed by atoms with Crippen molar-refractivity contribution in [1.82, 2.24) is 0 Å². The SMILES string of the molecule is C=Cc1ccc2c(c1)CCC(c1ccc(/C=C/C)cc1F)C2. The highest BCUT2D eigenvalue weighted by Gasteiger charge is 2.22. The minimum absolute atomic E-state index is 0.0771. The molecule has 3 rings (SSSR count). The molecule has 0 heterocycles. The van der Waals surface area contributed by atoms with Gasteiger partial charge in [0.2, 0.25) is 0 Å². The van der Waals surface area contributed by atoms with E-state index in [9.17, 15) is 4.39 Å². The zero-order chi connectivity index (χ0) is 15.5. The van der Waals surface area contributed by atoms with Gasteiger partial charge in [0.05, 0.1) is 0 Å². The molecule has 0 bridgehead atoms. The zero-order valence-corrected chi connectivity index (χ0v) is 13.0. The van der Waals surface area contributed by atoms with Crippen LogP contribution in [0.15, 0.2) is 49.1 Å². The first kappa shape index (κ1) is 14.8. The molecular weight excluding hydrogens is 271 g/mol. The Morgan fingerprint density at radius 1 is 1.09 bits per heavy atom. The van der Waals surface area contributed by atoms with E-state index in [0.29, 0.717) is 0 Å². The van der Waals surface area contributed by atoms with Crippen LogP contribution in [0.5, 0.6) is 0 Å². The van der Waals surface area contributed by atoms with Crippen LogP contribution in [0.4, 0.5) is 4.39 Å². The first-order valence-electron chi connectivity index (χ1n) is 7.87. The zero-order valence-electron chi connectivity index (χ0n) is 13.0. The molecule has 0 spiro atoms. The van der Waals surface area contributed by atoms with Gasteiger partial charge in [-0.25, -0.2) is 4.39 Å². The van der Waals surface area contributed by atoms with E-state index in [4.69, 9.17) is 0 Å². The largest absolute Gasteiger partial charge is 0.207 e. The molecule has 0 nitrogen and oxygen atoms in total. The molecule has 0 aromatic heterocycles. The monoisotopic (exact) mass is 292 g/mol. The molecule has 1 aliphatic rings. The number of allylic oxidation sites excluding steroid dienone is 1. The Bertz CT molecular complexity index is 725. The number of benzene rings is 2. The van der Waals surface area contributed by atoms with Crippen molar-refractivity contribution in [2.75, 3.05) is 0 Å². The van der Waals surface area contributed by atoms with Crippen molar-refractivity contribution in [3.63, 3.8) is 0 Å². The maximum atomic E-state index is 14.4. The minimum atomic E-state index is -0.0771. The van der Waals surface area contributed by atoms with E-state index >= 15 is 0 Å². The summed E-state index contributed by atoms with van der Waals surface area (Å²) in [5.74, 6) is 0.202. The summed E-state index contributed by atoms with van der Waals surface area (Å²) in [7, 11) is 0. The van der Waals surface area contributed by atoms with Crippen LogP contribution in [0.3, 0.4) is 0 Å². The quantitative estimate of drug-likeness (QED) is 0.673. The fraction of sp³-hybridized carbons (Fsp3) is 0.238. The lowest BCUT2D eigenvalue weighted by atomic mass is 9.79. The molecule has 2 aromatic rings. The second-order valence-corrected chi connectivity index (χ2v) is 5.95. The smallest absolute Gasteiger partial charge is 0.127 e. The first-order valence-corrected chi connectivity index (χ1v) is 7.87. The summed E-state index contributed by atoms with van der Waals surface area (Å²) < 4.78 is 14.4. The Hall–Kier alpha value is -2.15. The van der Waals surface area contributed by atoms with E-state index in [1.165, 1.54) is 16.7 Å². The fourth-order valence-corrected chi connectivity index (χ4v) is 3.34. The Balaban J connectivity index is 1.86. The van der Waals surface area contributed by atoms with Crippen LogP contribution in [0, 0.1) is 5.82 Å². The topological polar surface area (TPSA) is 0 Å². The third kappa shape index (κ3) is 2.89. The van der Waals surface area contributed by atoms with Gasteiger partial charge in [0.25, 0.3) is 0 Å². The van der Waals surface area contributed by atoms with Gasteiger partial charge in [-0.2, -0.15) is 0 Å². The van der Waals surface area contributed by atoms with Crippen molar-refractivity contribution in [2.45, 2.75) is 32.1 Å². The summed E-state index contributed by atoms with van der Waals surface area (Å²) in [5, 5.41) is 0. The molecule has 0 radical (unpaired) electrons. The molecule has 1 atom stereocenters. The standard InChI is InChI=1S/C21H21F/c1-3-5-16-7-11-20(21(22)13-16)19-10-9-17-12-15(4-2)6-8-18(17)14-19/h3-8,11-13,19H,2,9-10,14H2,1H3/b5-3+. The molecule has 22 heavy (non-hydrogen) atoms. The number of rotatable bonds is 3. The summed E-state index contributed by atoms with van der Waals surface area (Å²) in [5.41, 5.74) is 5.68. The number of hydrogen-bond acceptors (Lipinski definition) is 0. The van der Waals surface area contributed by atoms with Crippen molar-refractivity contribution < 1.29 is 4.39 Å². The number of aryl methyl sites for hydroxylation is 1. The third-order valence-electron chi connectivity index (χ3n) is 4.52. The molecule has 2 aromatic carbocycles. The highest BCUT2D eigenvalue weighted by atomic mass is 19.1. The number of fused-ring (bicyclic) bond motifs is 1. The summed E-state index contributed by atoms with van der Waals surface area (Å²) >= 11 is 0. The predicted molar refractivity (Wildman–Crippen MR) is 92.4 cm³/mol. The van der Waals surface area contributed by atoms with Crippen LogP contribution >= 0.6 is 0 Å². The molecule has 0 saturated heterocycles. The maximum absolute atomic E-state index is 14.4. The fourth-order valence-electron chi connectivity index (χ4n) is 3.34. The Morgan fingerprint density at radius 3 is 2.64 bits per heavy atom. The van der Waals surface area contributed by atoms with Crippen molar-refractivity contribution in [3.05, 3.63) is 82.7 Å². The lowest BCUT2D eigenvalue weighted by Crippen LogP contribution is -2.14. The van der Waals surface area contributed by atoms with Gasteiger partial charge in [-0.15, -0.1) is 0 Å². The van der Waals surface area contributed by atoms with Crippen molar-refractivity contribution >= 4 is 12.2 Å². The van der Waals surface area contributed by atoms with Gasteiger partial charge in [0.15, 0.2) is 0 Å². The lowest BCUT2D eigenvalue weighted by Gasteiger charge is -2.25. The summed E-state index contributed by atoms with van der Waals surface area (Å²) in [6.07, 6.45) is 8.69.